The highest BCUT2D eigenvalue weighted by Gasteiger charge is 2.31. The van der Waals surface area contributed by atoms with Crippen molar-refractivity contribution < 1.29 is 13.2 Å². The molecule has 2 aromatic carbocycles. The molecule has 3 rings (SSSR count). The van der Waals surface area contributed by atoms with Crippen LogP contribution in [0.3, 0.4) is 0 Å². The number of rotatable bonds is 5. The van der Waals surface area contributed by atoms with Gasteiger partial charge in [0.25, 0.3) is 0 Å². The molecule has 0 aliphatic carbocycles. The molecule has 1 aliphatic heterocycles. The van der Waals surface area contributed by atoms with Crippen molar-refractivity contribution in [3.63, 3.8) is 0 Å². The summed E-state index contributed by atoms with van der Waals surface area (Å²) in [6.45, 7) is 0.181. The third kappa shape index (κ3) is 4.67. The van der Waals surface area contributed by atoms with E-state index in [1.807, 2.05) is 59.5 Å². The molecule has 1 aliphatic rings. The predicted molar refractivity (Wildman–Crippen MR) is 100 cm³/mol. The van der Waals surface area contributed by atoms with E-state index < -0.39 is 9.84 Å². The van der Waals surface area contributed by atoms with E-state index in [0.29, 0.717) is 6.42 Å². The lowest BCUT2D eigenvalue weighted by molar-refractivity contribution is -0.117. The predicted octanol–water partition coefficient (Wildman–Crippen LogP) is 2.41. The van der Waals surface area contributed by atoms with Crippen molar-refractivity contribution in [2.45, 2.75) is 12.5 Å². The highest BCUT2D eigenvalue weighted by Crippen LogP contribution is 2.21. The second kappa shape index (κ2) is 7.37. The molecule has 0 aromatic heterocycles. The fraction of sp³-hybridized carbons (Fsp3) is 0.316. The molecule has 0 bridgehead atoms. The molecule has 1 amide bonds. The third-order valence-corrected chi connectivity index (χ3v) is 6.25. The fourth-order valence-electron chi connectivity index (χ4n) is 3.06. The monoisotopic (exact) mass is 358 g/mol. The van der Waals surface area contributed by atoms with Crippen molar-refractivity contribution >= 4 is 21.4 Å². The molecule has 1 N–H and O–H groups in total. The minimum Gasteiger partial charge on any atom is -0.325 e. The van der Waals surface area contributed by atoms with Gasteiger partial charge in [-0.15, -0.1) is 0 Å². The Morgan fingerprint density at radius 1 is 1.08 bits per heavy atom. The Morgan fingerprint density at radius 3 is 2.32 bits per heavy atom. The zero-order valence-corrected chi connectivity index (χ0v) is 15.0. The van der Waals surface area contributed by atoms with Crippen LogP contribution in [-0.2, 0) is 14.6 Å². The third-order valence-electron chi connectivity index (χ3n) is 4.50. The zero-order chi connectivity index (χ0) is 17.9. The van der Waals surface area contributed by atoms with Crippen LogP contribution in [0.5, 0.6) is 0 Å². The van der Waals surface area contributed by atoms with Crippen molar-refractivity contribution in [3.05, 3.63) is 54.6 Å². The number of anilines is 1. The molecular formula is C19H22N2O3S. The van der Waals surface area contributed by atoms with Crippen LogP contribution >= 0.6 is 0 Å². The highest BCUT2D eigenvalue weighted by molar-refractivity contribution is 7.91. The number of likely N-dealkylation sites (N-methyl/N-ethyl adjacent to an activating group) is 1. The summed E-state index contributed by atoms with van der Waals surface area (Å²) >= 11 is 0. The van der Waals surface area contributed by atoms with Crippen molar-refractivity contribution in [2.24, 2.45) is 0 Å². The minimum absolute atomic E-state index is 0.0730. The van der Waals surface area contributed by atoms with Crippen LogP contribution in [0.4, 0.5) is 5.69 Å². The molecular weight excluding hydrogens is 336 g/mol. The fourth-order valence-corrected chi connectivity index (χ4v) is 4.86. The Balaban J connectivity index is 1.56. The first-order chi connectivity index (χ1) is 11.9. The number of benzene rings is 2. The first-order valence-corrected chi connectivity index (χ1v) is 10.1. The smallest absolute Gasteiger partial charge is 0.238 e. The Kier molecular flexibility index (Phi) is 5.20. The Bertz CT molecular complexity index is 833. The van der Waals surface area contributed by atoms with Gasteiger partial charge in [-0.25, -0.2) is 8.42 Å². The summed E-state index contributed by atoms with van der Waals surface area (Å²) in [6, 6.07) is 17.7. The number of nitrogens with zero attached hydrogens (tertiary/aromatic N) is 1. The summed E-state index contributed by atoms with van der Waals surface area (Å²) in [5, 5.41) is 2.87. The molecule has 0 saturated carbocycles. The van der Waals surface area contributed by atoms with Gasteiger partial charge in [-0.2, -0.15) is 0 Å². The average Bonchev–Trinajstić information content (AvgIpc) is 2.96. The molecule has 5 nitrogen and oxygen atoms in total. The molecule has 6 heteroatoms. The lowest BCUT2D eigenvalue weighted by Gasteiger charge is -2.22. The van der Waals surface area contributed by atoms with E-state index in [1.165, 1.54) is 0 Å². The molecule has 1 atom stereocenters. The van der Waals surface area contributed by atoms with Gasteiger partial charge >= 0.3 is 0 Å². The standard InChI is InChI=1S/C19H22N2O3S/c1-21(18-11-12-25(23,24)14-18)13-19(22)20-17-9-7-16(8-10-17)15-5-3-2-4-6-15/h2-10,18H,11-14H2,1H3,(H,20,22)/t18-/m1/s1. The Hall–Kier alpha value is -2.18. The van der Waals surface area contributed by atoms with Crippen LogP contribution < -0.4 is 5.32 Å². The number of hydrogen-bond acceptors (Lipinski definition) is 4. The molecule has 0 unspecified atom stereocenters. The van der Waals surface area contributed by atoms with Gasteiger partial charge in [0, 0.05) is 11.7 Å². The second-order valence-electron chi connectivity index (χ2n) is 6.46. The van der Waals surface area contributed by atoms with Gasteiger partial charge in [-0.05, 0) is 36.7 Å². The van der Waals surface area contributed by atoms with E-state index in [1.54, 1.807) is 7.05 Å². The normalized spacial score (nSPS) is 19.0. The van der Waals surface area contributed by atoms with E-state index in [0.717, 1.165) is 16.8 Å². The van der Waals surface area contributed by atoms with Crippen molar-refractivity contribution in [3.8, 4) is 11.1 Å². The number of hydrogen-bond donors (Lipinski definition) is 1. The molecule has 132 valence electrons. The summed E-state index contributed by atoms with van der Waals surface area (Å²) in [4.78, 5) is 14.0. The van der Waals surface area contributed by atoms with E-state index in [-0.39, 0.29) is 30.0 Å². The molecule has 2 aromatic rings. The van der Waals surface area contributed by atoms with Crippen molar-refractivity contribution in [1.29, 1.82) is 0 Å². The number of carbonyl (C=O) groups excluding carboxylic acids is 1. The lowest BCUT2D eigenvalue weighted by atomic mass is 10.1. The number of amides is 1. The highest BCUT2D eigenvalue weighted by atomic mass is 32.2. The first kappa shape index (κ1) is 17.6. The molecule has 1 heterocycles. The van der Waals surface area contributed by atoms with Gasteiger partial charge in [-0.1, -0.05) is 42.5 Å². The van der Waals surface area contributed by atoms with Crippen LogP contribution in [0, 0.1) is 0 Å². The first-order valence-electron chi connectivity index (χ1n) is 8.29. The molecule has 25 heavy (non-hydrogen) atoms. The van der Waals surface area contributed by atoms with Crippen molar-refractivity contribution in [2.75, 3.05) is 30.4 Å². The topological polar surface area (TPSA) is 66.5 Å². The maximum Gasteiger partial charge on any atom is 0.238 e. The molecule has 1 fully saturated rings. The minimum atomic E-state index is -2.94. The maximum atomic E-state index is 12.2. The van der Waals surface area contributed by atoms with Gasteiger partial charge in [-0.3, -0.25) is 9.69 Å². The van der Waals surface area contributed by atoms with Crippen LogP contribution in [0.15, 0.2) is 54.6 Å². The van der Waals surface area contributed by atoms with E-state index in [4.69, 9.17) is 0 Å². The number of sulfone groups is 1. The van der Waals surface area contributed by atoms with Gasteiger partial charge in [0.2, 0.25) is 5.91 Å². The molecule has 0 spiro atoms. The van der Waals surface area contributed by atoms with Gasteiger partial charge in [0.05, 0.1) is 18.1 Å². The summed E-state index contributed by atoms with van der Waals surface area (Å²) in [5.41, 5.74) is 2.95. The van der Waals surface area contributed by atoms with Crippen LogP contribution in [-0.4, -0.2) is 50.4 Å². The van der Waals surface area contributed by atoms with E-state index in [2.05, 4.69) is 5.32 Å². The summed E-state index contributed by atoms with van der Waals surface area (Å²) in [5.74, 6) is 0.215. The quantitative estimate of drug-likeness (QED) is 0.891. The Labute approximate surface area is 148 Å². The summed E-state index contributed by atoms with van der Waals surface area (Å²) in [7, 11) is -1.14. The van der Waals surface area contributed by atoms with Crippen molar-refractivity contribution in [1.82, 2.24) is 4.90 Å². The average molecular weight is 358 g/mol. The zero-order valence-electron chi connectivity index (χ0n) is 14.2. The van der Waals surface area contributed by atoms with Gasteiger partial charge in [0.1, 0.15) is 0 Å². The number of nitrogens with one attached hydrogen (secondary N) is 1. The van der Waals surface area contributed by atoms with Crippen LogP contribution in [0.1, 0.15) is 6.42 Å². The number of carbonyl (C=O) groups is 1. The molecule has 0 radical (unpaired) electrons. The largest absolute Gasteiger partial charge is 0.325 e. The van der Waals surface area contributed by atoms with E-state index >= 15 is 0 Å². The van der Waals surface area contributed by atoms with Gasteiger partial charge < -0.3 is 5.32 Å². The molecule has 1 saturated heterocycles. The second-order valence-corrected chi connectivity index (χ2v) is 8.69. The van der Waals surface area contributed by atoms with E-state index in [9.17, 15) is 13.2 Å². The summed E-state index contributed by atoms with van der Waals surface area (Å²) in [6.07, 6.45) is 0.595. The Morgan fingerprint density at radius 2 is 1.72 bits per heavy atom. The maximum absolute atomic E-state index is 12.2. The lowest BCUT2D eigenvalue weighted by Crippen LogP contribution is -2.38. The summed E-state index contributed by atoms with van der Waals surface area (Å²) < 4.78 is 23.1. The van der Waals surface area contributed by atoms with Crippen LogP contribution in [0.25, 0.3) is 11.1 Å². The van der Waals surface area contributed by atoms with Crippen LogP contribution in [0.2, 0.25) is 0 Å². The van der Waals surface area contributed by atoms with Gasteiger partial charge in [0.15, 0.2) is 9.84 Å². The SMILES string of the molecule is CN(CC(=O)Nc1ccc(-c2ccccc2)cc1)[C@@H]1CCS(=O)(=O)C1.